The third kappa shape index (κ3) is 5.15. The van der Waals surface area contributed by atoms with Crippen LogP contribution in [0.25, 0.3) is 0 Å². The molecular weight excluding hydrogens is 308 g/mol. The van der Waals surface area contributed by atoms with E-state index >= 15 is 0 Å². The van der Waals surface area contributed by atoms with E-state index in [1.807, 2.05) is 12.1 Å². The standard InChI is InChI=1S/C22H30N2O/c1-17-8-10-20(11-9-17)22(25)14-23-21-16-24(13-12-18(21)2)15-19-6-4-3-5-7-19/h3-11,18,21-23,25H,12-16H2,1-2H3. The van der Waals surface area contributed by atoms with Crippen molar-refractivity contribution in [3.8, 4) is 0 Å². The van der Waals surface area contributed by atoms with Gasteiger partial charge in [0.2, 0.25) is 0 Å². The summed E-state index contributed by atoms with van der Waals surface area (Å²) in [6.07, 6.45) is 0.753. The Morgan fingerprint density at radius 1 is 1.12 bits per heavy atom. The van der Waals surface area contributed by atoms with Crippen molar-refractivity contribution < 1.29 is 5.11 Å². The predicted molar refractivity (Wildman–Crippen MR) is 103 cm³/mol. The minimum atomic E-state index is -0.447. The van der Waals surface area contributed by atoms with Crippen LogP contribution in [0.2, 0.25) is 0 Å². The molecule has 2 N–H and O–H groups in total. The van der Waals surface area contributed by atoms with E-state index in [-0.39, 0.29) is 0 Å². The van der Waals surface area contributed by atoms with Crippen LogP contribution in [-0.2, 0) is 6.54 Å². The van der Waals surface area contributed by atoms with Crippen LogP contribution < -0.4 is 5.32 Å². The highest BCUT2D eigenvalue weighted by molar-refractivity contribution is 5.23. The first-order valence-corrected chi connectivity index (χ1v) is 9.36. The van der Waals surface area contributed by atoms with Crippen LogP contribution in [0.3, 0.4) is 0 Å². The van der Waals surface area contributed by atoms with E-state index in [0.717, 1.165) is 25.2 Å². The highest BCUT2D eigenvalue weighted by atomic mass is 16.3. The zero-order valence-corrected chi connectivity index (χ0v) is 15.4. The van der Waals surface area contributed by atoms with Crippen molar-refractivity contribution in [2.24, 2.45) is 5.92 Å². The summed E-state index contributed by atoms with van der Waals surface area (Å²) < 4.78 is 0. The van der Waals surface area contributed by atoms with Crippen LogP contribution in [0.4, 0.5) is 0 Å². The van der Waals surface area contributed by atoms with Gasteiger partial charge in [-0.05, 0) is 36.9 Å². The number of aliphatic hydroxyl groups excluding tert-OH is 1. The molecular formula is C22H30N2O. The fourth-order valence-electron chi connectivity index (χ4n) is 3.56. The van der Waals surface area contributed by atoms with Gasteiger partial charge in [0.1, 0.15) is 0 Å². The van der Waals surface area contributed by atoms with Crippen LogP contribution in [0.1, 0.15) is 36.1 Å². The first kappa shape index (κ1) is 18.1. The molecule has 3 nitrogen and oxygen atoms in total. The molecule has 1 aliphatic heterocycles. The Bertz CT molecular complexity index is 641. The smallest absolute Gasteiger partial charge is 0.0914 e. The van der Waals surface area contributed by atoms with E-state index in [1.165, 1.54) is 17.5 Å². The summed E-state index contributed by atoms with van der Waals surface area (Å²) in [5, 5.41) is 14.1. The number of nitrogens with one attached hydrogen (secondary N) is 1. The number of likely N-dealkylation sites (tertiary alicyclic amines) is 1. The lowest BCUT2D eigenvalue weighted by Gasteiger charge is -2.38. The summed E-state index contributed by atoms with van der Waals surface area (Å²) in [5.41, 5.74) is 3.58. The van der Waals surface area contributed by atoms with Crippen molar-refractivity contribution in [3.05, 3.63) is 71.3 Å². The number of aliphatic hydroxyl groups is 1. The molecule has 2 aromatic carbocycles. The van der Waals surface area contributed by atoms with Crippen LogP contribution in [0.5, 0.6) is 0 Å². The molecule has 1 fully saturated rings. The molecule has 1 saturated heterocycles. The summed E-state index contributed by atoms with van der Waals surface area (Å²) in [5.74, 6) is 0.636. The Balaban J connectivity index is 1.52. The summed E-state index contributed by atoms with van der Waals surface area (Å²) in [7, 11) is 0. The quantitative estimate of drug-likeness (QED) is 0.846. The second-order valence-corrected chi connectivity index (χ2v) is 7.43. The lowest BCUT2D eigenvalue weighted by Crippen LogP contribution is -2.50. The minimum absolute atomic E-state index is 0.428. The van der Waals surface area contributed by atoms with Crippen LogP contribution in [0.15, 0.2) is 54.6 Å². The summed E-state index contributed by atoms with van der Waals surface area (Å²) in [4.78, 5) is 2.52. The minimum Gasteiger partial charge on any atom is -0.387 e. The number of benzene rings is 2. The maximum absolute atomic E-state index is 10.5. The molecule has 0 aliphatic carbocycles. The van der Waals surface area contributed by atoms with E-state index in [0.29, 0.717) is 18.5 Å². The SMILES string of the molecule is Cc1ccc(C(O)CNC2CN(Cc3ccccc3)CCC2C)cc1. The Morgan fingerprint density at radius 3 is 2.56 bits per heavy atom. The van der Waals surface area contributed by atoms with Gasteiger partial charge in [-0.25, -0.2) is 0 Å². The zero-order chi connectivity index (χ0) is 17.6. The topological polar surface area (TPSA) is 35.5 Å². The molecule has 0 spiro atoms. The van der Waals surface area contributed by atoms with Crippen molar-refractivity contribution in [1.29, 1.82) is 0 Å². The first-order chi connectivity index (χ1) is 12.1. The molecule has 25 heavy (non-hydrogen) atoms. The molecule has 3 unspecified atom stereocenters. The number of hydrogen-bond acceptors (Lipinski definition) is 3. The van der Waals surface area contributed by atoms with Gasteiger partial charge in [0.05, 0.1) is 6.10 Å². The van der Waals surface area contributed by atoms with Crippen LogP contribution >= 0.6 is 0 Å². The van der Waals surface area contributed by atoms with E-state index in [2.05, 4.69) is 66.5 Å². The summed E-state index contributed by atoms with van der Waals surface area (Å²) in [6.45, 7) is 8.18. The maximum atomic E-state index is 10.5. The van der Waals surface area contributed by atoms with Gasteiger partial charge in [0.25, 0.3) is 0 Å². The van der Waals surface area contributed by atoms with Crippen molar-refractivity contribution in [2.45, 2.75) is 39.0 Å². The molecule has 0 aromatic heterocycles. The van der Waals surface area contributed by atoms with Gasteiger partial charge in [-0.15, -0.1) is 0 Å². The van der Waals surface area contributed by atoms with Crippen molar-refractivity contribution >= 4 is 0 Å². The second kappa shape index (κ2) is 8.61. The number of hydrogen-bond donors (Lipinski definition) is 2. The normalized spacial score (nSPS) is 22.7. The molecule has 134 valence electrons. The monoisotopic (exact) mass is 338 g/mol. The van der Waals surface area contributed by atoms with Gasteiger partial charge in [-0.2, -0.15) is 0 Å². The van der Waals surface area contributed by atoms with Gasteiger partial charge >= 0.3 is 0 Å². The lowest BCUT2D eigenvalue weighted by atomic mass is 9.92. The molecule has 0 bridgehead atoms. The highest BCUT2D eigenvalue weighted by Gasteiger charge is 2.26. The molecule has 3 rings (SSSR count). The largest absolute Gasteiger partial charge is 0.387 e. The maximum Gasteiger partial charge on any atom is 0.0914 e. The lowest BCUT2D eigenvalue weighted by molar-refractivity contribution is 0.119. The van der Waals surface area contributed by atoms with E-state index < -0.39 is 6.10 Å². The Labute approximate surface area is 151 Å². The van der Waals surface area contributed by atoms with Gasteiger partial charge in [0.15, 0.2) is 0 Å². The molecule has 1 heterocycles. The molecule has 0 saturated carbocycles. The molecule has 2 aromatic rings. The molecule has 3 heteroatoms. The number of aryl methyl sites for hydroxylation is 1. The summed E-state index contributed by atoms with van der Waals surface area (Å²) in [6, 6.07) is 19.3. The fraction of sp³-hybridized carbons (Fsp3) is 0.455. The Kier molecular flexibility index (Phi) is 6.24. The van der Waals surface area contributed by atoms with Gasteiger partial charge in [0, 0.05) is 25.7 Å². The summed E-state index contributed by atoms with van der Waals surface area (Å²) >= 11 is 0. The van der Waals surface area contributed by atoms with E-state index in [9.17, 15) is 5.11 Å². The van der Waals surface area contributed by atoms with Gasteiger partial charge in [-0.3, -0.25) is 4.90 Å². The first-order valence-electron chi connectivity index (χ1n) is 9.36. The third-order valence-corrected chi connectivity index (χ3v) is 5.33. The molecule has 0 amide bonds. The zero-order valence-electron chi connectivity index (χ0n) is 15.4. The highest BCUT2D eigenvalue weighted by Crippen LogP contribution is 2.20. The molecule has 0 radical (unpaired) electrons. The van der Waals surface area contributed by atoms with E-state index in [4.69, 9.17) is 0 Å². The fourth-order valence-corrected chi connectivity index (χ4v) is 3.56. The van der Waals surface area contributed by atoms with Crippen LogP contribution in [-0.4, -0.2) is 35.7 Å². The Morgan fingerprint density at radius 2 is 1.84 bits per heavy atom. The van der Waals surface area contributed by atoms with Gasteiger partial charge in [-0.1, -0.05) is 67.1 Å². The van der Waals surface area contributed by atoms with Crippen molar-refractivity contribution in [3.63, 3.8) is 0 Å². The third-order valence-electron chi connectivity index (χ3n) is 5.33. The number of piperidine rings is 1. The van der Waals surface area contributed by atoms with Crippen LogP contribution in [0, 0.1) is 12.8 Å². The van der Waals surface area contributed by atoms with Crippen molar-refractivity contribution in [2.75, 3.05) is 19.6 Å². The molecule has 3 atom stereocenters. The molecule has 1 aliphatic rings. The number of rotatable bonds is 6. The second-order valence-electron chi connectivity index (χ2n) is 7.43. The van der Waals surface area contributed by atoms with Gasteiger partial charge < -0.3 is 10.4 Å². The number of nitrogens with zero attached hydrogens (tertiary/aromatic N) is 1. The average molecular weight is 338 g/mol. The van der Waals surface area contributed by atoms with E-state index in [1.54, 1.807) is 0 Å². The predicted octanol–water partition coefficient (Wildman–Crippen LogP) is 3.53. The Hall–Kier alpha value is -1.68. The van der Waals surface area contributed by atoms with Crippen molar-refractivity contribution in [1.82, 2.24) is 10.2 Å². The average Bonchev–Trinajstić information content (AvgIpc) is 2.63.